The Kier molecular flexibility index (Phi) is 4.40. The average Bonchev–Trinajstić information content (AvgIpc) is 2.00. The zero-order valence-corrected chi connectivity index (χ0v) is 9.29. The molecule has 0 unspecified atom stereocenters. The standard InChI is InChI=1S/C9H17NO4/c1-6-13-7(11)10(5)8(12)14-9(2,3)4/h6H2,1-5H3. The minimum Gasteiger partial charge on any atom is -0.449 e. The molecular formula is C9H17NO4. The molecule has 0 spiro atoms. The third kappa shape index (κ3) is 4.69. The van der Waals surface area contributed by atoms with Crippen molar-refractivity contribution >= 4 is 12.2 Å². The van der Waals surface area contributed by atoms with Gasteiger partial charge in [0.1, 0.15) is 5.60 Å². The quantitative estimate of drug-likeness (QED) is 0.654. The van der Waals surface area contributed by atoms with Crippen molar-refractivity contribution in [1.82, 2.24) is 4.90 Å². The highest BCUT2D eigenvalue weighted by atomic mass is 16.6. The van der Waals surface area contributed by atoms with Crippen molar-refractivity contribution < 1.29 is 19.1 Å². The van der Waals surface area contributed by atoms with Gasteiger partial charge in [0.2, 0.25) is 0 Å². The third-order valence-corrected chi connectivity index (χ3v) is 1.21. The molecule has 0 aliphatic carbocycles. The van der Waals surface area contributed by atoms with Crippen molar-refractivity contribution in [3.05, 3.63) is 0 Å². The van der Waals surface area contributed by atoms with Gasteiger partial charge in [0.25, 0.3) is 0 Å². The van der Waals surface area contributed by atoms with E-state index in [0.29, 0.717) is 0 Å². The summed E-state index contributed by atoms with van der Waals surface area (Å²) in [6.45, 7) is 7.07. The number of hydrogen-bond donors (Lipinski definition) is 0. The molecule has 82 valence electrons. The highest BCUT2D eigenvalue weighted by molar-refractivity contribution is 5.87. The molecule has 0 radical (unpaired) electrons. The molecule has 0 rings (SSSR count). The molecule has 0 aliphatic rings. The van der Waals surface area contributed by atoms with Gasteiger partial charge in [0.15, 0.2) is 0 Å². The summed E-state index contributed by atoms with van der Waals surface area (Å²) in [5, 5.41) is 0. The van der Waals surface area contributed by atoms with Gasteiger partial charge in [-0.05, 0) is 27.7 Å². The molecule has 0 aliphatic heterocycles. The normalized spacial score (nSPS) is 10.6. The molecule has 0 N–H and O–H groups in total. The lowest BCUT2D eigenvalue weighted by molar-refractivity contribution is 0.0274. The van der Waals surface area contributed by atoms with Crippen LogP contribution in [0.3, 0.4) is 0 Å². The van der Waals surface area contributed by atoms with Crippen LogP contribution in [-0.4, -0.2) is 36.3 Å². The van der Waals surface area contributed by atoms with E-state index in [1.54, 1.807) is 27.7 Å². The maximum atomic E-state index is 11.3. The Hall–Kier alpha value is -1.26. The van der Waals surface area contributed by atoms with Crippen LogP contribution in [0.25, 0.3) is 0 Å². The van der Waals surface area contributed by atoms with E-state index in [1.807, 2.05) is 0 Å². The predicted octanol–water partition coefficient (Wildman–Crippen LogP) is 2.01. The lowest BCUT2D eigenvalue weighted by Gasteiger charge is -2.23. The fourth-order valence-corrected chi connectivity index (χ4v) is 0.625. The second kappa shape index (κ2) is 4.83. The maximum Gasteiger partial charge on any atom is 0.419 e. The molecule has 0 fully saturated rings. The van der Waals surface area contributed by atoms with Crippen LogP contribution in [0.15, 0.2) is 0 Å². The smallest absolute Gasteiger partial charge is 0.419 e. The highest BCUT2D eigenvalue weighted by Crippen LogP contribution is 2.09. The van der Waals surface area contributed by atoms with Crippen molar-refractivity contribution in [2.24, 2.45) is 0 Å². The molecular weight excluding hydrogens is 186 g/mol. The molecule has 14 heavy (non-hydrogen) atoms. The van der Waals surface area contributed by atoms with Crippen LogP contribution in [0.2, 0.25) is 0 Å². The van der Waals surface area contributed by atoms with Crippen molar-refractivity contribution in [3.63, 3.8) is 0 Å². The van der Waals surface area contributed by atoms with Crippen molar-refractivity contribution in [3.8, 4) is 0 Å². The van der Waals surface area contributed by atoms with Gasteiger partial charge in [-0.15, -0.1) is 0 Å². The van der Waals surface area contributed by atoms with Crippen LogP contribution in [0.5, 0.6) is 0 Å². The summed E-state index contributed by atoms with van der Waals surface area (Å²) >= 11 is 0. The van der Waals surface area contributed by atoms with Crippen LogP contribution < -0.4 is 0 Å². The van der Waals surface area contributed by atoms with E-state index >= 15 is 0 Å². The summed E-state index contributed by atoms with van der Waals surface area (Å²) in [5.74, 6) is 0. The van der Waals surface area contributed by atoms with Crippen LogP contribution in [-0.2, 0) is 9.47 Å². The van der Waals surface area contributed by atoms with Crippen LogP contribution in [0, 0.1) is 0 Å². The van der Waals surface area contributed by atoms with Crippen molar-refractivity contribution in [2.75, 3.05) is 13.7 Å². The minimum atomic E-state index is -0.712. The Labute approximate surface area is 84.0 Å². The average molecular weight is 203 g/mol. The van der Waals surface area contributed by atoms with Crippen LogP contribution in [0.1, 0.15) is 27.7 Å². The van der Waals surface area contributed by atoms with Gasteiger partial charge >= 0.3 is 12.2 Å². The number of nitrogens with zero attached hydrogens (tertiary/aromatic N) is 1. The van der Waals surface area contributed by atoms with Crippen molar-refractivity contribution in [2.45, 2.75) is 33.3 Å². The van der Waals surface area contributed by atoms with E-state index in [1.165, 1.54) is 7.05 Å². The number of hydrogen-bond acceptors (Lipinski definition) is 4. The Bertz CT molecular complexity index is 219. The molecule has 0 aromatic rings. The Morgan fingerprint density at radius 2 is 1.71 bits per heavy atom. The minimum absolute atomic E-state index is 0.228. The number of ether oxygens (including phenoxy) is 2. The number of amides is 2. The monoisotopic (exact) mass is 203 g/mol. The van der Waals surface area contributed by atoms with Gasteiger partial charge in [-0.2, -0.15) is 0 Å². The van der Waals surface area contributed by atoms with Crippen molar-refractivity contribution in [1.29, 1.82) is 0 Å². The van der Waals surface area contributed by atoms with Crippen LogP contribution in [0.4, 0.5) is 9.59 Å². The number of carbonyl (C=O) groups excluding carboxylic acids is 2. The first-order valence-corrected chi connectivity index (χ1v) is 4.41. The van der Waals surface area contributed by atoms with Gasteiger partial charge in [-0.1, -0.05) is 0 Å². The second-order valence-corrected chi connectivity index (χ2v) is 3.74. The zero-order chi connectivity index (χ0) is 11.4. The first kappa shape index (κ1) is 12.7. The lowest BCUT2D eigenvalue weighted by Crippen LogP contribution is -2.38. The van der Waals surface area contributed by atoms with E-state index < -0.39 is 17.8 Å². The summed E-state index contributed by atoms with van der Waals surface area (Å²) in [4.78, 5) is 23.2. The van der Waals surface area contributed by atoms with Gasteiger partial charge in [0.05, 0.1) is 6.61 Å². The first-order valence-electron chi connectivity index (χ1n) is 4.41. The van der Waals surface area contributed by atoms with Gasteiger partial charge in [0, 0.05) is 7.05 Å². The molecule has 0 saturated carbocycles. The Balaban J connectivity index is 4.19. The summed E-state index contributed by atoms with van der Waals surface area (Å²) in [7, 11) is 1.31. The molecule has 5 nitrogen and oxygen atoms in total. The number of rotatable bonds is 1. The number of imide groups is 1. The van der Waals surface area contributed by atoms with Gasteiger partial charge in [-0.3, -0.25) is 0 Å². The molecule has 5 heteroatoms. The summed E-state index contributed by atoms with van der Waals surface area (Å²) in [6, 6.07) is 0. The maximum absolute atomic E-state index is 11.3. The Morgan fingerprint density at radius 3 is 2.07 bits per heavy atom. The van der Waals surface area contributed by atoms with E-state index in [0.717, 1.165) is 4.90 Å². The van der Waals surface area contributed by atoms with E-state index in [2.05, 4.69) is 4.74 Å². The summed E-state index contributed by atoms with van der Waals surface area (Å²) in [6.07, 6.45) is -1.42. The predicted molar refractivity (Wildman–Crippen MR) is 51.0 cm³/mol. The molecule has 2 amide bonds. The van der Waals surface area contributed by atoms with E-state index in [9.17, 15) is 9.59 Å². The van der Waals surface area contributed by atoms with Gasteiger partial charge < -0.3 is 9.47 Å². The fraction of sp³-hybridized carbons (Fsp3) is 0.778. The van der Waals surface area contributed by atoms with E-state index in [-0.39, 0.29) is 6.61 Å². The Morgan fingerprint density at radius 1 is 1.21 bits per heavy atom. The SMILES string of the molecule is CCOC(=O)N(C)C(=O)OC(C)(C)C. The summed E-state index contributed by atoms with van der Waals surface area (Å²) < 4.78 is 9.58. The molecule has 0 bridgehead atoms. The molecule has 0 aromatic heterocycles. The fourth-order valence-electron chi connectivity index (χ4n) is 0.625. The molecule has 0 aromatic carbocycles. The van der Waals surface area contributed by atoms with Gasteiger partial charge in [-0.25, -0.2) is 14.5 Å². The topological polar surface area (TPSA) is 55.8 Å². The third-order valence-electron chi connectivity index (χ3n) is 1.21. The molecule has 0 heterocycles. The first-order chi connectivity index (χ1) is 6.28. The molecule has 0 saturated heterocycles. The highest BCUT2D eigenvalue weighted by Gasteiger charge is 2.24. The zero-order valence-electron chi connectivity index (χ0n) is 9.29. The number of carbonyl (C=O) groups is 2. The molecule has 0 atom stereocenters. The van der Waals surface area contributed by atoms with E-state index in [4.69, 9.17) is 4.74 Å². The second-order valence-electron chi connectivity index (χ2n) is 3.74. The largest absolute Gasteiger partial charge is 0.449 e. The lowest BCUT2D eigenvalue weighted by atomic mass is 10.2. The summed E-state index contributed by atoms with van der Waals surface area (Å²) in [5.41, 5.74) is -0.613. The van der Waals surface area contributed by atoms with Crippen LogP contribution >= 0.6 is 0 Å².